The molecule has 0 N–H and O–H groups in total. The zero-order valence-corrected chi connectivity index (χ0v) is 12.6. The molecule has 0 bridgehead atoms. The van der Waals surface area contributed by atoms with Crippen LogP contribution in [0.4, 0.5) is 0 Å². The third kappa shape index (κ3) is 2.63. The van der Waals surface area contributed by atoms with Crippen LogP contribution in [0.15, 0.2) is 35.8 Å². The van der Waals surface area contributed by atoms with Crippen molar-refractivity contribution in [2.75, 3.05) is 6.61 Å². The maximum Gasteiger partial charge on any atom is 0.194 e. The van der Waals surface area contributed by atoms with Crippen molar-refractivity contribution >= 4 is 16.3 Å². The van der Waals surface area contributed by atoms with Gasteiger partial charge in [-0.3, -0.25) is 4.40 Å². The molecule has 21 heavy (non-hydrogen) atoms. The van der Waals surface area contributed by atoms with Crippen LogP contribution in [0.2, 0.25) is 0 Å². The Morgan fingerprint density at radius 1 is 1.33 bits per heavy atom. The normalized spacial score (nSPS) is 10.7. The number of hydrogen-bond acceptors (Lipinski definition) is 4. The minimum atomic E-state index is 0.349. The van der Waals surface area contributed by atoms with Gasteiger partial charge < -0.3 is 4.74 Å². The van der Waals surface area contributed by atoms with Gasteiger partial charge in [-0.2, -0.15) is 5.26 Å². The SMILES string of the molecule is CCCOc1ccc(-c2nc3sccn3c2CC#N)cc1. The van der Waals surface area contributed by atoms with E-state index < -0.39 is 0 Å². The van der Waals surface area contributed by atoms with E-state index in [-0.39, 0.29) is 0 Å². The van der Waals surface area contributed by atoms with E-state index >= 15 is 0 Å². The second-order valence-corrected chi connectivity index (χ2v) is 5.54. The van der Waals surface area contributed by atoms with Gasteiger partial charge in [-0.1, -0.05) is 6.92 Å². The molecule has 0 saturated carbocycles. The lowest BCUT2D eigenvalue weighted by molar-refractivity contribution is 0.317. The molecule has 0 aliphatic rings. The highest BCUT2D eigenvalue weighted by Gasteiger charge is 2.14. The van der Waals surface area contributed by atoms with Crippen LogP contribution in [-0.2, 0) is 6.42 Å². The summed E-state index contributed by atoms with van der Waals surface area (Å²) in [4.78, 5) is 5.56. The standard InChI is InChI=1S/C16H15N3OS/c1-2-10-20-13-5-3-12(4-6-13)15-14(7-8-17)19-9-11-21-16(19)18-15/h3-6,9,11H,2,7,10H2,1H3. The van der Waals surface area contributed by atoms with Gasteiger partial charge in [0.15, 0.2) is 4.96 Å². The molecule has 0 saturated heterocycles. The van der Waals surface area contributed by atoms with Gasteiger partial charge in [-0.15, -0.1) is 11.3 Å². The first-order valence-electron chi connectivity index (χ1n) is 6.88. The minimum Gasteiger partial charge on any atom is -0.494 e. The molecule has 0 radical (unpaired) electrons. The molecule has 2 aromatic heterocycles. The second kappa shape index (κ2) is 5.98. The molecule has 5 heteroatoms. The third-order valence-corrected chi connectivity index (χ3v) is 3.96. The molecule has 3 rings (SSSR count). The number of nitriles is 1. The second-order valence-electron chi connectivity index (χ2n) is 4.67. The van der Waals surface area contributed by atoms with Crippen LogP contribution < -0.4 is 4.74 Å². The van der Waals surface area contributed by atoms with Crippen molar-refractivity contribution in [3.63, 3.8) is 0 Å². The highest BCUT2D eigenvalue weighted by molar-refractivity contribution is 7.15. The smallest absolute Gasteiger partial charge is 0.194 e. The summed E-state index contributed by atoms with van der Waals surface area (Å²) >= 11 is 1.57. The van der Waals surface area contributed by atoms with E-state index in [1.807, 2.05) is 40.2 Å². The fourth-order valence-corrected chi connectivity index (χ4v) is 2.97. The van der Waals surface area contributed by atoms with Crippen LogP contribution in [0.25, 0.3) is 16.2 Å². The quantitative estimate of drug-likeness (QED) is 0.717. The van der Waals surface area contributed by atoms with E-state index in [9.17, 15) is 0 Å². The van der Waals surface area contributed by atoms with E-state index in [1.165, 1.54) is 0 Å². The average molecular weight is 297 g/mol. The van der Waals surface area contributed by atoms with E-state index in [0.717, 1.165) is 40.7 Å². The summed E-state index contributed by atoms with van der Waals surface area (Å²) in [6.45, 7) is 2.81. The van der Waals surface area contributed by atoms with Crippen molar-refractivity contribution in [1.29, 1.82) is 5.26 Å². The van der Waals surface area contributed by atoms with Gasteiger partial charge in [-0.05, 0) is 30.7 Å². The fraction of sp³-hybridized carbons (Fsp3) is 0.250. The minimum absolute atomic E-state index is 0.349. The molecule has 4 nitrogen and oxygen atoms in total. The number of fused-ring (bicyclic) bond motifs is 1. The summed E-state index contributed by atoms with van der Waals surface area (Å²) in [7, 11) is 0. The van der Waals surface area contributed by atoms with Crippen molar-refractivity contribution in [2.45, 2.75) is 19.8 Å². The number of rotatable bonds is 5. The molecule has 3 aromatic rings. The highest BCUT2D eigenvalue weighted by atomic mass is 32.1. The topological polar surface area (TPSA) is 50.3 Å². The molecule has 106 valence electrons. The fourth-order valence-electron chi connectivity index (χ4n) is 2.24. The van der Waals surface area contributed by atoms with Gasteiger partial charge in [0.25, 0.3) is 0 Å². The zero-order chi connectivity index (χ0) is 14.7. The number of nitrogens with zero attached hydrogens (tertiary/aromatic N) is 3. The number of thiazole rings is 1. The summed E-state index contributed by atoms with van der Waals surface area (Å²) in [5, 5.41) is 11.0. The maximum absolute atomic E-state index is 9.04. The molecule has 0 aliphatic carbocycles. The lowest BCUT2D eigenvalue weighted by Crippen LogP contribution is -1.95. The van der Waals surface area contributed by atoms with Crippen LogP contribution in [0.5, 0.6) is 5.75 Å². The molecule has 0 atom stereocenters. The van der Waals surface area contributed by atoms with E-state index in [4.69, 9.17) is 10.00 Å². The number of ether oxygens (including phenoxy) is 1. The summed E-state index contributed by atoms with van der Waals surface area (Å²) < 4.78 is 7.58. The predicted octanol–water partition coefficient (Wildman–Crippen LogP) is 3.92. The van der Waals surface area contributed by atoms with Crippen molar-refractivity contribution in [1.82, 2.24) is 9.38 Å². The number of aromatic nitrogens is 2. The lowest BCUT2D eigenvalue weighted by Gasteiger charge is -2.05. The Labute approximate surface area is 127 Å². The largest absolute Gasteiger partial charge is 0.494 e. The predicted molar refractivity (Wildman–Crippen MR) is 83.6 cm³/mol. The first kappa shape index (κ1) is 13.7. The Hall–Kier alpha value is -2.32. The van der Waals surface area contributed by atoms with Crippen LogP contribution in [0, 0.1) is 11.3 Å². The number of benzene rings is 1. The van der Waals surface area contributed by atoms with E-state index in [1.54, 1.807) is 11.3 Å². The summed E-state index contributed by atoms with van der Waals surface area (Å²) in [6.07, 6.45) is 3.30. The Bertz CT molecular complexity index is 780. The van der Waals surface area contributed by atoms with Crippen LogP contribution >= 0.6 is 11.3 Å². The Morgan fingerprint density at radius 2 is 2.14 bits per heavy atom. The Morgan fingerprint density at radius 3 is 2.86 bits per heavy atom. The van der Waals surface area contributed by atoms with E-state index in [0.29, 0.717) is 6.42 Å². The highest BCUT2D eigenvalue weighted by Crippen LogP contribution is 2.28. The van der Waals surface area contributed by atoms with Crippen molar-refractivity contribution in [2.24, 2.45) is 0 Å². The first-order chi connectivity index (χ1) is 10.3. The monoisotopic (exact) mass is 297 g/mol. The van der Waals surface area contributed by atoms with Crippen LogP contribution in [0.1, 0.15) is 19.0 Å². The summed E-state index contributed by atoms with van der Waals surface area (Å²) in [5.74, 6) is 0.864. The lowest BCUT2D eigenvalue weighted by atomic mass is 10.1. The van der Waals surface area contributed by atoms with Gasteiger partial charge in [0.2, 0.25) is 0 Å². The van der Waals surface area contributed by atoms with Crippen molar-refractivity contribution in [3.8, 4) is 23.1 Å². The average Bonchev–Trinajstić information content (AvgIpc) is 3.09. The summed E-state index contributed by atoms with van der Waals surface area (Å²) in [6, 6.07) is 10.1. The van der Waals surface area contributed by atoms with Gasteiger partial charge in [-0.25, -0.2) is 4.98 Å². The molecule has 0 amide bonds. The van der Waals surface area contributed by atoms with Gasteiger partial charge in [0.05, 0.1) is 30.5 Å². The molecule has 0 aliphatic heterocycles. The van der Waals surface area contributed by atoms with Gasteiger partial charge in [0.1, 0.15) is 5.75 Å². The molecular weight excluding hydrogens is 282 g/mol. The molecule has 0 unspecified atom stereocenters. The van der Waals surface area contributed by atoms with Crippen LogP contribution in [0.3, 0.4) is 0 Å². The number of hydrogen-bond donors (Lipinski definition) is 0. The molecule has 0 spiro atoms. The Balaban J connectivity index is 1.97. The first-order valence-corrected chi connectivity index (χ1v) is 7.76. The van der Waals surface area contributed by atoms with Crippen molar-refractivity contribution < 1.29 is 4.74 Å². The maximum atomic E-state index is 9.04. The molecule has 2 heterocycles. The molecular formula is C16H15N3OS. The summed E-state index contributed by atoms with van der Waals surface area (Å²) in [5.41, 5.74) is 2.83. The van der Waals surface area contributed by atoms with Gasteiger partial charge >= 0.3 is 0 Å². The number of imidazole rings is 1. The zero-order valence-electron chi connectivity index (χ0n) is 11.7. The van der Waals surface area contributed by atoms with Crippen molar-refractivity contribution in [3.05, 3.63) is 41.5 Å². The third-order valence-electron chi connectivity index (χ3n) is 3.21. The van der Waals surface area contributed by atoms with Gasteiger partial charge in [0, 0.05) is 17.1 Å². The molecule has 1 aromatic carbocycles. The molecule has 0 fully saturated rings. The van der Waals surface area contributed by atoms with Crippen LogP contribution in [-0.4, -0.2) is 16.0 Å². The Kier molecular flexibility index (Phi) is 3.89. The van der Waals surface area contributed by atoms with E-state index in [2.05, 4.69) is 18.0 Å².